The molecule has 16 heavy (non-hydrogen) atoms. The summed E-state index contributed by atoms with van der Waals surface area (Å²) in [4.78, 5) is 0. The predicted octanol–water partition coefficient (Wildman–Crippen LogP) is 1.13. The third kappa shape index (κ3) is 1.96. The van der Waals surface area contributed by atoms with Gasteiger partial charge in [-0.3, -0.25) is 9.36 Å². The number of hydrogen-bond acceptors (Lipinski definition) is 3. The minimum Gasteiger partial charge on any atom is -0.328 e. The average Bonchev–Trinajstić information content (AvgIpc) is 2.77. The molecule has 0 radical (unpaired) electrons. The molecule has 1 atom stereocenters. The van der Waals surface area contributed by atoms with Crippen molar-refractivity contribution in [1.82, 2.24) is 19.6 Å². The summed E-state index contributed by atoms with van der Waals surface area (Å²) >= 11 is 5.98. The van der Waals surface area contributed by atoms with Crippen molar-refractivity contribution in [2.24, 2.45) is 12.8 Å². The van der Waals surface area contributed by atoms with E-state index in [-0.39, 0.29) is 6.04 Å². The van der Waals surface area contributed by atoms with E-state index in [2.05, 4.69) is 10.2 Å². The fraction of sp³-hybridized carbons (Fsp3) is 0.400. The molecule has 0 saturated carbocycles. The van der Waals surface area contributed by atoms with Gasteiger partial charge in [-0.15, -0.1) is 0 Å². The van der Waals surface area contributed by atoms with Crippen LogP contribution in [0.3, 0.4) is 0 Å². The topological polar surface area (TPSA) is 61.7 Å². The van der Waals surface area contributed by atoms with Gasteiger partial charge < -0.3 is 5.73 Å². The molecule has 2 aromatic rings. The Labute approximate surface area is 98.8 Å². The molecule has 0 fully saturated rings. The molecule has 86 valence electrons. The fourth-order valence-corrected chi connectivity index (χ4v) is 1.77. The van der Waals surface area contributed by atoms with Gasteiger partial charge in [-0.05, 0) is 6.92 Å². The van der Waals surface area contributed by atoms with Gasteiger partial charge in [0.05, 0.1) is 23.0 Å². The molecule has 6 heteroatoms. The van der Waals surface area contributed by atoms with Crippen molar-refractivity contribution in [2.45, 2.75) is 13.0 Å². The van der Waals surface area contributed by atoms with E-state index in [1.165, 1.54) is 0 Å². The lowest BCUT2D eigenvalue weighted by molar-refractivity contribution is 0.528. The molecule has 0 bridgehead atoms. The number of rotatable bonds is 3. The van der Waals surface area contributed by atoms with Crippen molar-refractivity contribution in [1.29, 1.82) is 0 Å². The second-order valence-corrected chi connectivity index (χ2v) is 4.15. The van der Waals surface area contributed by atoms with E-state index in [0.717, 1.165) is 11.3 Å². The Morgan fingerprint density at radius 3 is 2.69 bits per heavy atom. The number of nitrogens with two attached hydrogens (primary N) is 1. The van der Waals surface area contributed by atoms with Crippen LogP contribution in [-0.4, -0.2) is 26.1 Å². The van der Waals surface area contributed by atoms with E-state index in [9.17, 15) is 0 Å². The van der Waals surface area contributed by atoms with Gasteiger partial charge in [0.25, 0.3) is 0 Å². The van der Waals surface area contributed by atoms with Crippen molar-refractivity contribution < 1.29 is 0 Å². The van der Waals surface area contributed by atoms with Crippen LogP contribution in [-0.2, 0) is 7.05 Å². The van der Waals surface area contributed by atoms with Crippen LogP contribution < -0.4 is 5.73 Å². The monoisotopic (exact) mass is 239 g/mol. The van der Waals surface area contributed by atoms with Crippen LogP contribution in [0, 0.1) is 6.92 Å². The summed E-state index contributed by atoms with van der Waals surface area (Å²) in [7, 11) is 1.87. The fourth-order valence-electron chi connectivity index (χ4n) is 1.63. The summed E-state index contributed by atoms with van der Waals surface area (Å²) in [6, 6.07) is -0.0140. The Morgan fingerprint density at radius 1 is 1.50 bits per heavy atom. The maximum atomic E-state index is 5.98. The van der Waals surface area contributed by atoms with Crippen LogP contribution in [0.15, 0.2) is 18.6 Å². The normalized spacial score (nSPS) is 13.0. The minimum absolute atomic E-state index is 0.0140. The summed E-state index contributed by atoms with van der Waals surface area (Å²) in [6.07, 6.45) is 5.52. The highest BCUT2D eigenvalue weighted by molar-refractivity contribution is 6.31. The molecule has 0 aliphatic rings. The Morgan fingerprint density at radius 2 is 2.25 bits per heavy atom. The second kappa shape index (κ2) is 4.27. The van der Waals surface area contributed by atoms with Crippen LogP contribution in [0.2, 0.25) is 5.02 Å². The number of nitrogens with zero attached hydrogens (tertiary/aromatic N) is 4. The Hall–Kier alpha value is -1.33. The molecule has 2 N–H and O–H groups in total. The molecule has 2 rings (SSSR count). The van der Waals surface area contributed by atoms with E-state index in [0.29, 0.717) is 11.6 Å². The van der Waals surface area contributed by atoms with Gasteiger partial charge in [-0.2, -0.15) is 10.2 Å². The summed E-state index contributed by atoms with van der Waals surface area (Å²) in [5, 5.41) is 9.12. The number of hydrogen-bond donors (Lipinski definition) is 1. The number of aromatic nitrogens is 4. The molecule has 0 aromatic carbocycles. The van der Waals surface area contributed by atoms with Crippen molar-refractivity contribution in [3.05, 3.63) is 34.9 Å². The van der Waals surface area contributed by atoms with Crippen LogP contribution in [0.4, 0.5) is 0 Å². The number of halogens is 1. The zero-order chi connectivity index (χ0) is 11.7. The predicted molar refractivity (Wildman–Crippen MR) is 62.4 cm³/mol. The highest BCUT2D eigenvalue weighted by Crippen LogP contribution is 2.20. The van der Waals surface area contributed by atoms with Crippen molar-refractivity contribution in [3.63, 3.8) is 0 Å². The second-order valence-electron chi connectivity index (χ2n) is 3.74. The smallest absolute Gasteiger partial charge is 0.0921 e. The average molecular weight is 240 g/mol. The lowest BCUT2D eigenvalue weighted by Crippen LogP contribution is -2.20. The summed E-state index contributed by atoms with van der Waals surface area (Å²) in [5.41, 5.74) is 7.61. The summed E-state index contributed by atoms with van der Waals surface area (Å²) in [6.45, 7) is 2.33. The number of aryl methyl sites for hydroxylation is 2. The third-order valence-electron chi connectivity index (χ3n) is 2.51. The van der Waals surface area contributed by atoms with Crippen LogP contribution >= 0.6 is 11.6 Å². The Bertz CT molecular complexity index is 468. The lowest BCUT2D eigenvalue weighted by Gasteiger charge is -2.13. The molecule has 0 saturated heterocycles. The highest BCUT2D eigenvalue weighted by atomic mass is 35.5. The van der Waals surface area contributed by atoms with Crippen LogP contribution in [0.25, 0.3) is 0 Å². The van der Waals surface area contributed by atoms with E-state index in [4.69, 9.17) is 17.3 Å². The van der Waals surface area contributed by atoms with E-state index < -0.39 is 0 Å². The molecule has 0 amide bonds. The molecule has 2 aromatic heterocycles. The first-order valence-electron chi connectivity index (χ1n) is 5.01. The quantitative estimate of drug-likeness (QED) is 0.873. The zero-order valence-corrected chi connectivity index (χ0v) is 10.0. The standard InChI is InChI=1S/C10H14ClN5/c1-7-9(11)6-16(14-7)10(3-12)8-4-13-15(2)5-8/h4-6,10H,3,12H2,1-2H3. The highest BCUT2D eigenvalue weighted by Gasteiger charge is 2.15. The zero-order valence-electron chi connectivity index (χ0n) is 9.26. The molecule has 0 aliphatic carbocycles. The lowest BCUT2D eigenvalue weighted by atomic mass is 10.2. The summed E-state index contributed by atoms with van der Waals surface area (Å²) < 4.78 is 3.53. The van der Waals surface area contributed by atoms with E-state index in [1.54, 1.807) is 21.8 Å². The molecule has 2 heterocycles. The molecule has 1 unspecified atom stereocenters. The molecule has 0 spiro atoms. The van der Waals surface area contributed by atoms with Gasteiger partial charge in [0.2, 0.25) is 0 Å². The van der Waals surface area contributed by atoms with Gasteiger partial charge in [0.15, 0.2) is 0 Å². The first-order valence-corrected chi connectivity index (χ1v) is 5.39. The first-order chi connectivity index (χ1) is 7.61. The molecule has 5 nitrogen and oxygen atoms in total. The van der Waals surface area contributed by atoms with E-state index >= 15 is 0 Å². The Kier molecular flexibility index (Phi) is 2.98. The maximum absolute atomic E-state index is 5.98. The van der Waals surface area contributed by atoms with Gasteiger partial charge >= 0.3 is 0 Å². The van der Waals surface area contributed by atoms with Crippen molar-refractivity contribution in [2.75, 3.05) is 6.54 Å². The van der Waals surface area contributed by atoms with Gasteiger partial charge in [0, 0.05) is 31.5 Å². The SMILES string of the molecule is Cc1nn(C(CN)c2cnn(C)c2)cc1Cl. The van der Waals surface area contributed by atoms with Crippen LogP contribution in [0.5, 0.6) is 0 Å². The summed E-state index contributed by atoms with van der Waals surface area (Å²) in [5.74, 6) is 0. The minimum atomic E-state index is -0.0140. The van der Waals surface area contributed by atoms with Gasteiger partial charge in [-0.1, -0.05) is 11.6 Å². The van der Waals surface area contributed by atoms with Gasteiger partial charge in [0.1, 0.15) is 0 Å². The Balaban J connectivity index is 2.36. The maximum Gasteiger partial charge on any atom is 0.0921 e. The first kappa shape index (κ1) is 11.2. The van der Waals surface area contributed by atoms with Crippen molar-refractivity contribution >= 4 is 11.6 Å². The van der Waals surface area contributed by atoms with Crippen LogP contribution in [0.1, 0.15) is 17.3 Å². The largest absolute Gasteiger partial charge is 0.328 e. The van der Waals surface area contributed by atoms with E-state index in [1.807, 2.05) is 20.2 Å². The molecular formula is C10H14ClN5. The molecule has 0 aliphatic heterocycles. The van der Waals surface area contributed by atoms with Gasteiger partial charge in [-0.25, -0.2) is 0 Å². The van der Waals surface area contributed by atoms with Crippen molar-refractivity contribution in [3.8, 4) is 0 Å². The third-order valence-corrected chi connectivity index (χ3v) is 2.88. The molecular weight excluding hydrogens is 226 g/mol.